The van der Waals surface area contributed by atoms with Gasteiger partial charge in [0.15, 0.2) is 0 Å². The molecule has 0 bridgehead atoms. The predicted octanol–water partition coefficient (Wildman–Crippen LogP) is 6.63. The molecular formula is C20H27ClO2. The van der Waals surface area contributed by atoms with Crippen molar-refractivity contribution in [2.24, 2.45) is 0 Å². The molecule has 23 heavy (non-hydrogen) atoms. The zero-order valence-corrected chi connectivity index (χ0v) is 15.0. The third kappa shape index (κ3) is 5.04. The Bertz CT molecular complexity index is 610. The smallest absolute Gasteiger partial charge is 0.149 e. The van der Waals surface area contributed by atoms with Crippen LogP contribution >= 0.6 is 11.6 Å². The van der Waals surface area contributed by atoms with Crippen LogP contribution in [0.3, 0.4) is 0 Å². The molecule has 0 saturated carbocycles. The third-order valence-electron chi connectivity index (χ3n) is 3.91. The van der Waals surface area contributed by atoms with Crippen LogP contribution in [0.2, 0.25) is 5.02 Å². The van der Waals surface area contributed by atoms with Crippen LogP contribution in [0.15, 0.2) is 30.3 Å². The minimum absolute atomic E-state index is 0.651. The summed E-state index contributed by atoms with van der Waals surface area (Å²) in [6.45, 7) is 5.80. The SMILES string of the molecule is CCCCCOc1cccc2ccc(Cl)c(OCCCCC)c12. The second-order valence-electron chi connectivity index (χ2n) is 5.84. The fraction of sp³-hybridized carbons (Fsp3) is 0.500. The summed E-state index contributed by atoms with van der Waals surface area (Å²) in [4.78, 5) is 0. The van der Waals surface area contributed by atoms with Gasteiger partial charge in [0.2, 0.25) is 0 Å². The van der Waals surface area contributed by atoms with Crippen molar-refractivity contribution in [3.8, 4) is 11.5 Å². The maximum atomic E-state index is 6.39. The lowest BCUT2D eigenvalue weighted by atomic mass is 10.1. The van der Waals surface area contributed by atoms with Gasteiger partial charge in [-0.25, -0.2) is 0 Å². The van der Waals surface area contributed by atoms with Crippen molar-refractivity contribution in [1.82, 2.24) is 0 Å². The molecule has 0 aliphatic rings. The molecule has 0 atom stereocenters. The maximum Gasteiger partial charge on any atom is 0.149 e. The molecular weight excluding hydrogens is 308 g/mol. The van der Waals surface area contributed by atoms with Gasteiger partial charge in [0.1, 0.15) is 11.5 Å². The molecule has 2 aromatic rings. The molecule has 0 amide bonds. The summed E-state index contributed by atoms with van der Waals surface area (Å²) >= 11 is 6.39. The number of fused-ring (bicyclic) bond motifs is 1. The molecule has 2 nitrogen and oxygen atoms in total. The van der Waals surface area contributed by atoms with Crippen LogP contribution in [-0.2, 0) is 0 Å². The van der Waals surface area contributed by atoms with E-state index in [0.29, 0.717) is 11.6 Å². The number of ether oxygens (including phenoxy) is 2. The van der Waals surface area contributed by atoms with E-state index in [0.717, 1.165) is 41.7 Å². The Morgan fingerprint density at radius 2 is 1.52 bits per heavy atom. The fourth-order valence-corrected chi connectivity index (χ4v) is 2.82. The van der Waals surface area contributed by atoms with Crippen molar-refractivity contribution in [3.05, 3.63) is 35.4 Å². The van der Waals surface area contributed by atoms with E-state index in [9.17, 15) is 0 Å². The number of rotatable bonds is 10. The van der Waals surface area contributed by atoms with Gasteiger partial charge < -0.3 is 9.47 Å². The largest absolute Gasteiger partial charge is 0.493 e. The summed E-state index contributed by atoms with van der Waals surface area (Å²) in [5.41, 5.74) is 0. The van der Waals surface area contributed by atoms with Crippen molar-refractivity contribution in [2.45, 2.75) is 52.4 Å². The van der Waals surface area contributed by atoms with Crippen molar-refractivity contribution in [3.63, 3.8) is 0 Å². The van der Waals surface area contributed by atoms with Gasteiger partial charge in [-0.3, -0.25) is 0 Å². The van der Waals surface area contributed by atoms with Crippen LogP contribution in [-0.4, -0.2) is 13.2 Å². The van der Waals surface area contributed by atoms with Crippen LogP contribution in [0.25, 0.3) is 10.8 Å². The Morgan fingerprint density at radius 1 is 0.826 bits per heavy atom. The first-order valence-electron chi connectivity index (χ1n) is 8.74. The minimum Gasteiger partial charge on any atom is -0.493 e. The standard InChI is InChI=1S/C20H27ClO2/c1-3-5-7-14-22-18-11-9-10-16-12-13-17(21)20(19(16)18)23-15-8-6-4-2/h9-13H,3-8,14-15H2,1-2H3. The molecule has 2 rings (SSSR count). The number of halogens is 1. The first kappa shape index (κ1) is 17.9. The highest BCUT2D eigenvalue weighted by Gasteiger charge is 2.12. The van der Waals surface area contributed by atoms with E-state index in [-0.39, 0.29) is 0 Å². The number of unbranched alkanes of at least 4 members (excludes halogenated alkanes) is 4. The first-order valence-corrected chi connectivity index (χ1v) is 9.12. The monoisotopic (exact) mass is 334 g/mol. The highest BCUT2D eigenvalue weighted by atomic mass is 35.5. The molecule has 0 aliphatic carbocycles. The summed E-state index contributed by atoms with van der Waals surface area (Å²) in [6.07, 6.45) is 6.84. The normalized spacial score (nSPS) is 10.9. The lowest BCUT2D eigenvalue weighted by Crippen LogP contribution is -2.01. The van der Waals surface area contributed by atoms with Crippen LogP contribution in [0.5, 0.6) is 11.5 Å². The Kier molecular flexibility index (Phi) is 7.54. The lowest BCUT2D eigenvalue weighted by Gasteiger charge is -2.15. The van der Waals surface area contributed by atoms with Gasteiger partial charge in [-0.2, -0.15) is 0 Å². The van der Waals surface area contributed by atoms with Crippen LogP contribution < -0.4 is 9.47 Å². The molecule has 0 fully saturated rings. The molecule has 0 N–H and O–H groups in total. The molecule has 0 heterocycles. The van der Waals surface area contributed by atoms with Gasteiger partial charge in [-0.05, 0) is 30.4 Å². The molecule has 0 spiro atoms. The van der Waals surface area contributed by atoms with Gasteiger partial charge >= 0.3 is 0 Å². The Balaban J connectivity index is 2.22. The molecule has 0 saturated heterocycles. The van der Waals surface area contributed by atoms with Crippen molar-refractivity contribution in [1.29, 1.82) is 0 Å². The van der Waals surface area contributed by atoms with E-state index in [1.54, 1.807) is 0 Å². The average Bonchev–Trinajstić information content (AvgIpc) is 2.57. The van der Waals surface area contributed by atoms with E-state index in [2.05, 4.69) is 19.9 Å². The Hall–Kier alpha value is -1.41. The Morgan fingerprint density at radius 3 is 2.22 bits per heavy atom. The van der Waals surface area contributed by atoms with Gasteiger partial charge in [-0.1, -0.05) is 69.3 Å². The van der Waals surface area contributed by atoms with Crippen LogP contribution in [0.4, 0.5) is 0 Å². The summed E-state index contributed by atoms with van der Waals surface area (Å²) in [7, 11) is 0. The predicted molar refractivity (Wildman–Crippen MR) is 99.0 cm³/mol. The van der Waals surface area contributed by atoms with Gasteiger partial charge in [-0.15, -0.1) is 0 Å². The summed E-state index contributed by atoms with van der Waals surface area (Å²) in [6, 6.07) is 10.0. The summed E-state index contributed by atoms with van der Waals surface area (Å²) < 4.78 is 12.0. The summed E-state index contributed by atoms with van der Waals surface area (Å²) in [5, 5.41) is 2.75. The highest BCUT2D eigenvalue weighted by Crippen LogP contribution is 2.39. The van der Waals surface area contributed by atoms with Gasteiger partial charge in [0.25, 0.3) is 0 Å². The third-order valence-corrected chi connectivity index (χ3v) is 4.21. The van der Waals surface area contributed by atoms with E-state index in [1.165, 1.54) is 25.7 Å². The summed E-state index contributed by atoms with van der Waals surface area (Å²) in [5.74, 6) is 1.62. The zero-order chi connectivity index (χ0) is 16.5. The molecule has 0 radical (unpaired) electrons. The van der Waals surface area contributed by atoms with Crippen molar-refractivity contribution < 1.29 is 9.47 Å². The molecule has 3 heteroatoms. The second-order valence-corrected chi connectivity index (χ2v) is 6.25. The zero-order valence-electron chi connectivity index (χ0n) is 14.2. The van der Waals surface area contributed by atoms with Crippen LogP contribution in [0.1, 0.15) is 52.4 Å². The van der Waals surface area contributed by atoms with E-state index in [4.69, 9.17) is 21.1 Å². The lowest BCUT2D eigenvalue weighted by molar-refractivity contribution is 0.299. The van der Waals surface area contributed by atoms with Crippen LogP contribution in [0, 0.1) is 0 Å². The highest BCUT2D eigenvalue weighted by molar-refractivity contribution is 6.33. The second kappa shape index (κ2) is 9.67. The topological polar surface area (TPSA) is 18.5 Å². The molecule has 126 valence electrons. The molecule has 0 aromatic heterocycles. The van der Waals surface area contributed by atoms with E-state index < -0.39 is 0 Å². The number of benzene rings is 2. The Labute approximate surface area is 144 Å². The average molecular weight is 335 g/mol. The quantitative estimate of drug-likeness (QED) is 0.454. The number of hydrogen-bond acceptors (Lipinski definition) is 2. The molecule has 2 aromatic carbocycles. The maximum absolute atomic E-state index is 6.39. The van der Waals surface area contributed by atoms with Gasteiger partial charge in [0, 0.05) is 0 Å². The van der Waals surface area contributed by atoms with Crippen molar-refractivity contribution in [2.75, 3.05) is 13.2 Å². The molecule has 0 aliphatic heterocycles. The molecule has 0 unspecified atom stereocenters. The first-order chi connectivity index (χ1) is 11.3. The number of hydrogen-bond donors (Lipinski definition) is 0. The van der Waals surface area contributed by atoms with E-state index >= 15 is 0 Å². The fourth-order valence-electron chi connectivity index (χ4n) is 2.61. The minimum atomic E-state index is 0.651. The van der Waals surface area contributed by atoms with Crippen molar-refractivity contribution >= 4 is 22.4 Å². The van der Waals surface area contributed by atoms with Gasteiger partial charge in [0.05, 0.1) is 23.6 Å². The van der Waals surface area contributed by atoms with E-state index in [1.807, 2.05) is 24.3 Å².